The molecule has 16 heavy (non-hydrogen) atoms. The maximum Gasteiger partial charge on any atom is 0.127 e. The van der Waals surface area contributed by atoms with E-state index in [2.05, 4.69) is 22.5 Å². The number of nitrogens with zero attached hydrogens (tertiary/aromatic N) is 1. The molecule has 2 unspecified atom stereocenters. The number of pyridine rings is 1. The molecule has 1 saturated heterocycles. The summed E-state index contributed by atoms with van der Waals surface area (Å²) in [5.74, 6) is 1.51. The molecule has 4 heteroatoms. The van der Waals surface area contributed by atoms with Crippen LogP contribution in [0.5, 0.6) is 0 Å². The van der Waals surface area contributed by atoms with E-state index in [9.17, 15) is 0 Å². The van der Waals surface area contributed by atoms with Gasteiger partial charge in [0.05, 0.1) is 6.10 Å². The fourth-order valence-electron chi connectivity index (χ4n) is 1.97. The van der Waals surface area contributed by atoms with Crippen LogP contribution in [0.3, 0.4) is 0 Å². The molecule has 1 aliphatic rings. The van der Waals surface area contributed by atoms with Gasteiger partial charge in [0.15, 0.2) is 0 Å². The van der Waals surface area contributed by atoms with Crippen molar-refractivity contribution in [1.29, 1.82) is 0 Å². The molecule has 0 radical (unpaired) electrons. The molecule has 2 rings (SSSR count). The van der Waals surface area contributed by atoms with Crippen LogP contribution in [0.2, 0.25) is 0 Å². The van der Waals surface area contributed by atoms with Gasteiger partial charge in [-0.3, -0.25) is 0 Å². The summed E-state index contributed by atoms with van der Waals surface area (Å²) in [7, 11) is 1.87. The van der Waals surface area contributed by atoms with Crippen LogP contribution in [0.25, 0.3) is 0 Å². The highest BCUT2D eigenvalue weighted by atomic mass is 16.5. The molecule has 4 nitrogen and oxygen atoms in total. The van der Waals surface area contributed by atoms with Gasteiger partial charge >= 0.3 is 0 Å². The van der Waals surface area contributed by atoms with E-state index in [0.717, 1.165) is 31.1 Å². The molecule has 2 N–H and O–H groups in total. The first kappa shape index (κ1) is 11.2. The zero-order valence-electron chi connectivity index (χ0n) is 9.86. The Kier molecular flexibility index (Phi) is 3.62. The first-order valence-corrected chi connectivity index (χ1v) is 5.79. The maximum atomic E-state index is 5.53. The molecular weight excluding hydrogens is 202 g/mol. The Labute approximate surface area is 96.4 Å². The minimum Gasteiger partial charge on any atom is -0.385 e. The molecule has 0 aliphatic carbocycles. The Hall–Kier alpha value is -1.29. The van der Waals surface area contributed by atoms with E-state index in [1.807, 2.05) is 25.4 Å². The average molecular weight is 221 g/mol. The largest absolute Gasteiger partial charge is 0.385 e. The van der Waals surface area contributed by atoms with Crippen molar-refractivity contribution in [3.63, 3.8) is 0 Å². The second-order valence-electron chi connectivity index (χ2n) is 4.19. The van der Waals surface area contributed by atoms with Crippen molar-refractivity contribution >= 4 is 11.5 Å². The molecule has 1 fully saturated rings. The van der Waals surface area contributed by atoms with Crippen LogP contribution in [0.1, 0.15) is 13.3 Å². The molecule has 0 aromatic carbocycles. The summed E-state index contributed by atoms with van der Waals surface area (Å²) in [6.07, 6.45) is 3.33. The number of ether oxygens (including phenoxy) is 1. The van der Waals surface area contributed by atoms with Gasteiger partial charge in [-0.25, -0.2) is 4.98 Å². The normalized spacial score (nSPS) is 24.4. The minimum atomic E-state index is 0.373. The number of nitrogens with one attached hydrogen (secondary N) is 2. The average Bonchev–Trinajstić information content (AvgIpc) is 2.72. The Balaban J connectivity index is 1.88. The molecule has 88 valence electrons. The fourth-order valence-corrected chi connectivity index (χ4v) is 1.97. The second kappa shape index (κ2) is 5.16. The summed E-state index contributed by atoms with van der Waals surface area (Å²) < 4.78 is 5.53. The first-order chi connectivity index (χ1) is 7.79. The van der Waals surface area contributed by atoms with Crippen molar-refractivity contribution in [3.8, 4) is 0 Å². The zero-order valence-corrected chi connectivity index (χ0v) is 9.86. The highest BCUT2D eigenvalue weighted by molar-refractivity contribution is 5.51. The van der Waals surface area contributed by atoms with Crippen molar-refractivity contribution in [1.82, 2.24) is 4.98 Å². The lowest BCUT2D eigenvalue weighted by Gasteiger charge is -2.15. The zero-order chi connectivity index (χ0) is 11.4. The molecule has 2 heterocycles. The summed E-state index contributed by atoms with van der Waals surface area (Å²) in [6.45, 7) is 4.00. The van der Waals surface area contributed by atoms with Gasteiger partial charge < -0.3 is 15.4 Å². The third kappa shape index (κ3) is 2.64. The Bertz CT molecular complexity index is 343. The van der Waals surface area contributed by atoms with Gasteiger partial charge in [-0.15, -0.1) is 0 Å². The predicted octanol–water partition coefficient (Wildman–Crippen LogP) is 1.96. The number of hydrogen-bond acceptors (Lipinski definition) is 4. The highest BCUT2D eigenvalue weighted by Gasteiger charge is 2.23. The van der Waals surface area contributed by atoms with Gasteiger partial charge in [-0.05, 0) is 19.4 Å². The van der Waals surface area contributed by atoms with E-state index < -0.39 is 0 Å². The maximum absolute atomic E-state index is 5.53. The molecule has 0 spiro atoms. The second-order valence-corrected chi connectivity index (χ2v) is 4.19. The van der Waals surface area contributed by atoms with E-state index in [-0.39, 0.29) is 0 Å². The van der Waals surface area contributed by atoms with Gasteiger partial charge in [0.2, 0.25) is 0 Å². The number of rotatable bonds is 4. The summed E-state index contributed by atoms with van der Waals surface area (Å²) in [4.78, 5) is 4.18. The van der Waals surface area contributed by atoms with E-state index in [0.29, 0.717) is 12.0 Å². The monoisotopic (exact) mass is 221 g/mol. The van der Waals surface area contributed by atoms with Crippen molar-refractivity contribution in [2.75, 3.05) is 30.8 Å². The van der Waals surface area contributed by atoms with Crippen LogP contribution in [0.4, 0.5) is 11.5 Å². The highest BCUT2D eigenvalue weighted by Crippen LogP contribution is 2.21. The molecule has 2 atom stereocenters. The lowest BCUT2D eigenvalue weighted by molar-refractivity contribution is 0.108. The predicted molar refractivity (Wildman–Crippen MR) is 65.8 cm³/mol. The fraction of sp³-hybridized carbons (Fsp3) is 0.583. The number of hydrogen-bond donors (Lipinski definition) is 2. The first-order valence-electron chi connectivity index (χ1n) is 5.79. The van der Waals surface area contributed by atoms with Gasteiger partial charge in [0.25, 0.3) is 0 Å². The summed E-state index contributed by atoms with van der Waals surface area (Å²) in [5, 5.41) is 6.46. The van der Waals surface area contributed by atoms with Crippen LogP contribution >= 0.6 is 0 Å². The van der Waals surface area contributed by atoms with E-state index in [1.165, 1.54) is 0 Å². The Morgan fingerprint density at radius 2 is 2.44 bits per heavy atom. The standard InChI is InChI=1S/C12H19N3O/c1-9-10(4-6-16-9)8-15-11-3-5-14-12(7-11)13-2/h3,5,7,9-10H,4,6,8H2,1-2H3,(H2,13,14,15). The summed E-state index contributed by atoms with van der Waals surface area (Å²) in [5.41, 5.74) is 1.11. The van der Waals surface area contributed by atoms with Crippen molar-refractivity contribution in [2.24, 2.45) is 5.92 Å². The van der Waals surface area contributed by atoms with Crippen LogP contribution in [0.15, 0.2) is 18.3 Å². The number of aromatic nitrogens is 1. The van der Waals surface area contributed by atoms with E-state index in [1.54, 1.807) is 0 Å². The number of anilines is 2. The van der Waals surface area contributed by atoms with Crippen molar-refractivity contribution in [3.05, 3.63) is 18.3 Å². The third-order valence-corrected chi connectivity index (χ3v) is 3.12. The Morgan fingerprint density at radius 3 is 3.12 bits per heavy atom. The topological polar surface area (TPSA) is 46.2 Å². The van der Waals surface area contributed by atoms with Crippen LogP contribution < -0.4 is 10.6 Å². The van der Waals surface area contributed by atoms with Crippen molar-refractivity contribution in [2.45, 2.75) is 19.4 Å². The quantitative estimate of drug-likeness (QED) is 0.816. The molecule has 0 bridgehead atoms. The summed E-state index contributed by atoms with van der Waals surface area (Å²) >= 11 is 0. The minimum absolute atomic E-state index is 0.373. The van der Waals surface area contributed by atoms with E-state index >= 15 is 0 Å². The Morgan fingerprint density at radius 1 is 1.56 bits per heavy atom. The summed E-state index contributed by atoms with van der Waals surface area (Å²) in [6, 6.07) is 4.00. The van der Waals surface area contributed by atoms with E-state index in [4.69, 9.17) is 4.74 Å². The molecule has 1 aliphatic heterocycles. The van der Waals surface area contributed by atoms with Crippen LogP contribution in [-0.4, -0.2) is 31.3 Å². The molecular formula is C12H19N3O. The van der Waals surface area contributed by atoms with Crippen molar-refractivity contribution < 1.29 is 4.74 Å². The molecule has 0 saturated carbocycles. The lowest BCUT2D eigenvalue weighted by atomic mass is 10.0. The molecule has 1 aromatic rings. The van der Waals surface area contributed by atoms with Crippen LogP contribution in [-0.2, 0) is 4.74 Å². The van der Waals surface area contributed by atoms with Gasteiger partial charge in [-0.1, -0.05) is 0 Å². The smallest absolute Gasteiger partial charge is 0.127 e. The van der Waals surface area contributed by atoms with Gasteiger partial charge in [0.1, 0.15) is 5.82 Å². The molecule has 0 amide bonds. The van der Waals surface area contributed by atoms with Crippen LogP contribution in [0, 0.1) is 5.92 Å². The lowest BCUT2D eigenvalue weighted by Crippen LogP contribution is -2.20. The molecule has 1 aromatic heterocycles. The SMILES string of the molecule is CNc1cc(NCC2CCOC2C)ccn1. The third-order valence-electron chi connectivity index (χ3n) is 3.12. The van der Waals surface area contributed by atoms with Gasteiger partial charge in [-0.2, -0.15) is 0 Å². The van der Waals surface area contributed by atoms with Gasteiger partial charge in [0, 0.05) is 44.1 Å².